The number of hydrogen-bond donors (Lipinski definition) is 2. The Morgan fingerprint density at radius 1 is 1.17 bits per heavy atom. The standard InChI is InChI=1S/C18H19N5O/c19-18(24)12-6-8-23(9-7-12)17-5-4-13(10-20-17)14-2-1-3-16-15(14)11-21-22-16/h1-5,10-12H,6-9H2,(H2,19,24)(H,21,22). The average Bonchev–Trinajstić information content (AvgIpc) is 3.11. The molecular weight excluding hydrogens is 302 g/mol. The number of hydrogen-bond acceptors (Lipinski definition) is 4. The van der Waals surface area contributed by atoms with Crippen LogP contribution in [0.4, 0.5) is 5.82 Å². The highest BCUT2D eigenvalue weighted by atomic mass is 16.1. The highest BCUT2D eigenvalue weighted by Crippen LogP contribution is 2.28. The molecule has 1 aromatic carbocycles. The first-order valence-corrected chi connectivity index (χ1v) is 8.15. The number of H-pyrrole nitrogens is 1. The monoisotopic (exact) mass is 321 g/mol. The molecule has 6 heteroatoms. The third kappa shape index (κ3) is 2.60. The molecule has 0 atom stereocenters. The summed E-state index contributed by atoms with van der Waals surface area (Å²) in [4.78, 5) is 18.1. The van der Waals surface area contributed by atoms with Gasteiger partial charge in [-0.05, 0) is 36.6 Å². The van der Waals surface area contributed by atoms with Crippen molar-refractivity contribution in [1.82, 2.24) is 15.2 Å². The summed E-state index contributed by atoms with van der Waals surface area (Å²) in [7, 11) is 0. The molecule has 0 bridgehead atoms. The Balaban J connectivity index is 1.55. The zero-order chi connectivity index (χ0) is 16.5. The molecular formula is C18H19N5O. The average molecular weight is 321 g/mol. The number of aromatic nitrogens is 3. The minimum absolute atomic E-state index is 0.000725. The Labute approximate surface area is 139 Å². The van der Waals surface area contributed by atoms with E-state index in [-0.39, 0.29) is 11.8 Å². The maximum Gasteiger partial charge on any atom is 0.220 e. The first-order chi connectivity index (χ1) is 11.7. The summed E-state index contributed by atoms with van der Waals surface area (Å²) < 4.78 is 0. The summed E-state index contributed by atoms with van der Waals surface area (Å²) in [6.45, 7) is 1.63. The number of carbonyl (C=O) groups excluding carboxylic acids is 1. The lowest BCUT2D eigenvalue weighted by Crippen LogP contribution is -2.38. The first-order valence-electron chi connectivity index (χ1n) is 8.15. The van der Waals surface area contributed by atoms with Crippen LogP contribution in [0.3, 0.4) is 0 Å². The Hall–Kier alpha value is -2.89. The molecule has 1 aliphatic rings. The molecule has 1 fully saturated rings. The molecule has 2 aromatic heterocycles. The predicted octanol–water partition coefficient (Wildman–Crippen LogP) is 2.33. The molecule has 4 rings (SSSR count). The van der Waals surface area contributed by atoms with Crippen molar-refractivity contribution in [3.63, 3.8) is 0 Å². The second-order valence-corrected chi connectivity index (χ2v) is 6.21. The molecule has 0 spiro atoms. The molecule has 3 N–H and O–H groups in total. The maximum absolute atomic E-state index is 11.3. The summed E-state index contributed by atoms with van der Waals surface area (Å²) in [6.07, 6.45) is 5.34. The Kier molecular flexibility index (Phi) is 3.65. The summed E-state index contributed by atoms with van der Waals surface area (Å²) in [6, 6.07) is 10.2. The number of nitrogens with zero attached hydrogens (tertiary/aromatic N) is 3. The number of nitrogens with one attached hydrogen (secondary N) is 1. The number of pyridine rings is 1. The summed E-state index contributed by atoms with van der Waals surface area (Å²) in [5, 5.41) is 8.19. The number of carbonyl (C=O) groups is 1. The number of rotatable bonds is 3. The number of anilines is 1. The highest BCUT2D eigenvalue weighted by Gasteiger charge is 2.23. The zero-order valence-electron chi connectivity index (χ0n) is 13.3. The Bertz CT molecular complexity index is 863. The number of nitrogens with two attached hydrogens (primary N) is 1. The molecule has 3 aromatic rings. The van der Waals surface area contributed by atoms with Gasteiger partial charge in [0.1, 0.15) is 5.82 Å². The van der Waals surface area contributed by atoms with E-state index in [0.717, 1.165) is 53.8 Å². The van der Waals surface area contributed by atoms with Gasteiger partial charge in [0.25, 0.3) is 0 Å². The fourth-order valence-corrected chi connectivity index (χ4v) is 3.35. The number of amides is 1. The van der Waals surface area contributed by atoms with E-state index in [4.69, 9.17) is 5.73 Å². The fraction of sp³-hybridized carbons (Fsp3) is 0.278. The van der Waals surface area contributed by atoms with Crippen LogP contribution in [0.1, 0.15) is 12.8 Å². The molecule has 1 amide bonds. The van der Waals surface area contributed by atoms with E-state index in [9.17, 15) is 4.79 Å². The van der Waals surface area contributed by atoms with Crippen LogP contribution in [-0.2, 0) is 4.79 Å². The molecule has 122 valence electrons. The van der Waals surface area contributed by atoms with Crippen molar-refractivity contribution >= 4 is 22.6 Å². The maximum atomic E-state index is 11.3. The van der Waals surface area contributed by atoms with Crippen LogP contribution in [0.2, 0.25) is 0 Å². The second kappa shape index (κ2) is 5.96. The van der Waals surface area contributed by atoms with Crippen molar-refractivity contribution in [3.05, 3.63) is 42.7 Å². The molecule has 0 aliphatic carbocycles. The van der Waals surface area contributed by atoms with Crippen LogP contribution in [0.25, 0.3) is 22.0 Å². The van der Waals surface area contributed by atoms with Crippen LogP contribution in [-0.4, -0.2) is 34.2 Å². The van der Waals surface area contributed by atoms with Crippen molar-refractivity contribution in [1.29, 1.82) is 0 Å². The van der Waals surface area contributed by atoms with Gasteiger partial charge in [-0.25, -0.2) is 4.98 Å². The molecule has 0 saturated carbocycles. The van der Waals surface area contributed by atoms with Gasteiger partial charge in [0.05, 0.1) is 11.7 Å². The van der Waals surface area contributed by atoms with E-state index in [1.165, 1.54) is 0 Å². The van der Waals surface area contributed by atoms with E-state index in [1.807, 2.05) is 30.6 Å². The molecule has 0 radical (unpaired) electrons. The third-order valence-electron chi connectivity index (χ3n) is 4.76. The van der Waals surface area contributed by atoms with Gasteiger partial charge in [-0.3, -0.25) is 9.89 Å². The smallest absolute Gasteiger partial charge is 0.220 e. The molecule has 0 unspecified atom stereocenters. The minimum atomic E-state index is -0.189. The molecule has 6 nitrogen and oxygen atoms in total. The van der Waals surface area contributed by atoms with Crippen molar-refractivity contribution < 1.29 is 4.79 Å². The largest absolute Gasteiger partial charge is 0.369 e. The molecule has 1 saturated heterocycles. The first kappa shape index (κ1) is 14.7. The molecule has 1 aliphatic heterocycles. The van der Waals surface area contributed by atoms with E-state index < -0.39 is 0 Å². The normalized spacial score (nSPS) is 15.8. The quantitative estimate of drug-likeness (QED) is 0.775. The van der Waals surface area contributed by atoms with Crippen molar-refractivity contribution in [2.24, 2.45) is 11.7 Å². The highest BCUT2D eigenvalue weighted by molar-refractivity contribution is 5.94. The predicted molar refractivity (Wildman–Crippen MR) is 93.5 cm³/mol. The lowest BCUT2D eigenvalue weighted by Gasteiger charge is -2.31. The SMILES string of the molecule is NC(=O)C1CCN(c2ccc(-c3cccc4[nH]ncc34)cn2)CC1. The van der Waals surface area contributed by atoms with Gasteiger partial charge in [0, 0.05) is 36.2 Å². The van der Waals surface area contributed by atoms with E-state index in [1.54, 1.807) is 0 Å². The van der Waals surface area contributed by atoms with Gasteiger partial charge < -0.3 is 10.6 Å². The number of aromatic amines is 1. The van der Waals surface area contributed by atoms with Gasteiger partial charge in [-0.2, -0.15) is 5.10 Å². The Morgan fingerprint density at radius 3 is 2.71 bits per heavy atom. The van der Waals surface area contributed by atoms with Crippen LogP contribution in [0.15, 0.2) is 42.7 Å². The van der Waals surface area contributed by atoms with Crippen molar-refractivity contribution in [3.8, 4) is 11.1 Å². The second-order valence-electron chi connectivity index (χ2n) is 6.21. The van der Waals surface area contributed by atoms with Gasteiger partial charge in [0.15, 0.2) is 0 Å². The zero-order valence-corrected chi connectivity index (χ0v) is 13.3. The van der Waals surface area contributed by atoms with Gasteiger partial charge in [0.2, 0.25) is 5.91 Å². The topological polar surface area (TPSA) is 87.9 Å². The van der Waals surface area contributed by atoms with E-state index in [2.05, 4.69) is 32.2 Å². The van der Waals surface area contributed by atoms with Gasteiger partial charge in [-0.15, -0.1) is 0 Å². The Morgan fingerprint density at radius 2 is 2.00 bits per heavy atom. The number of benzene rings is 1. The number of fused-ring (bicyclic) bond motifs is 1. The minimum Gasteiger partial charge on any atom is -0.369 e. The molecule has 3 heterocycles. The summed E-state index contributed by atoms with van der Waals surface area (Å²) in [5.74, 6) is 0.756. The summed E-state index contributed by atoms with van der Waals surface area (Å²) in [5.41, 5.74) is 8.60. The lowest BCUT2D eigenvalue weighted by molar-refractivity contribution is -0.122. The fourth-order valence-electron chi connectivity index (χ4n) is 3.35. The third-order valence-corrected chi connectivity index (χ3v) is 4.76. The van der Waals surface area contributed by atoms with Crippen LogP contribution in [0.5, 0.6) is 0 Å². The van der Waals surface area contributed by atoms with Crippen molar-refractivity contribution in [2.75, 3.05) is 18.0 Å². The van der Waals surface area contributed by atoms with Crippen LogP contribution in [0, 0.1) is 5.92 Å². The number of piperidine rings is 1. The van der Waals surface area contributed by atoms with Crippen molar-refractivity contribution in [2.45, 2.75) is 12.8 Å². The van der Waals surface area contributed by atoms with Crippen LogP contribution >= 0.6 is 0 Å². The van der Waals surface area contributed by atoms with E-state index in [0.29, 0.717) is 0 Å². The van der Waals surface area contributed by atoms with Gasteiger partial charge in [-0.1, -0.05) is 12.1 Å². The van der Waals surface area contributed by atoms with E-state index >= 15 is 0 Å². The molecule has 24 heavy (non-hydrogen) atoms. The summed E-state index contributed by atoms with van der Waals surface area (Å²) >= 11 is 0. The lowest BCUT2D eigenvalue weighted by atomic mass is 9.96. The van der Waals surface area contributed by atoms with Crippen LogP contribution < -0.4 is 10.6 Å². The van der Waals surface area contributed by atoms with Gasteiger partial charge >= 0.3 is 0 Å². The number of primary amides is 1.